The zero-order chi connectivity index (χ0) is 26.4. The number of hydrogen-bond acceptors (Lipinski definition) is 5. The van der Waals surface area contributed by atoms with E-state index >= 15 is 0 Å². The number of aromatic hydroxyl groups is 1. The summed E-state index contributed by atoms with van der Waals surface area (Å²) in [6, 6.07) is 8.68. The number of rotatable bonds is 8. The van der Waals surface area contributed by atoms with Gasteiger partial charge in [-0.05, 0) is 71.1 Å². The molecule has 3 N–H and O–H groups in total. The number of nitrogens with zero attached hydrogens (tertiary/aromatic N) is 3. The minimum atomic E-state index is -0.219. The molecule has 2 amide bonds. The molecule has 37 heavy (non-hydrogen) atoms. The van der Waals surface area contributed by atoms with Crippen LogP contribution in [-0.2, 0) is 0 Å². The summed E-state index contributed by atoms with van der Waals surface area (Å²) in [7, 11) is 1.53. The number of carbonyl (C=O) groups excluding carboxylic acids is 1. The number of phenols is 1. The minimum absolute atomic E-state index is 0.0625. The van der Waals surface area contributed by atoms with E-state index in [1.165, 1.54) is 19.2 Å². The molecule has 1 aromatic carbocycles. The molecule has 3 heterocycles. The Labute approximate surface area is 225 Å². The lowest BCUT2D eigenvalue weighted by Crippen LogP contribution is -2.41. The van der Waals surface area contributed by atoms with Crippen LogP contribution in [0.15, 0.2) is 77.5 Å². The molecule has 1 aliphatic rings. The third-order valence-electron chi connectivity index (χ3n) is 6.44. The van der Waals surface area contributed by atoms with Crippen LogP contribution >= 0.6 is 15.9 Å². The Morgan fingerprint density at radius 2 is 2.19 bits per heavy atom. The fourth-order valence-corrected chi connectivity index (χ4v) is 4.85. The molecule has 0 bridgehead atoms. The van der Waals surface area contributed by atoms with Crippen molar-refractivity contribution < 1.29 is 14.6 Å². The molecule has 194 valence electrons. The Morgan fingerprint density at radius 1 is 1.35 bits per heavy atom. The summed E-state index contributed by atoms with van der Waals surface area (Å²) in [4.78, 5) is 15.0. The first-order valence-corrected chi connectivity index (χ1v) is 13.0. The van der Waals surface area contributed by atoms with E-state index in [1.54, 1.807) is 12.3 Å². The number of piperidine rings is 1. The fourth-order valence-electron chi connectivity index (χ4n) is 4.47. The topological polar surface area (TPSA) is 91.1 Å². The summed E-state index contributed by atoms with van der Waals surface area (Å²) < 4.78 is 8.12. The smallest absolute Gasteiger partial charge is 0.321 e. The van der Waals surface area contributed by atoms with E-state index in [0.29, 0.717) is 31.1 Å². The van der Waals surface area contributed by atoms with Crippen LogP contribution in [0.2, 0.25) is 0 Å². The second-order valence-electron chi connectivity index (χ2n) is 8.89. The highest BCUT2D eigenvalue weighted by molar-refractivity contribution is 9.10. The maximum atomic E-state index is 13.1. The monoisotopic (exact) mass is 565 g/mol. The molecule has 1 unspecified atom stereocenters. The molecule has 0 aliphatic carbocycles. The Hall–Kier alpha value is -3.72. The van der Waals surface area contributed by atoms with E-state index in [-0.39, 0.29) is 17.7 Å². The van der Waals surface area contributed by atoms with Gasteiger partial charge in [0.2, 0.25) is 0 Å². The van der Waals surface area contributed by atoms with Crippen LogP contribution in [-0.4, -0.2) is 52.4 Å². The van der Waals surface area contributed by atoms with Gasteiger partial charge in [0.1, 0.15) is 17.3 Å². The molecule has 0 radical (unpaired) electrons. The number of amides is 2. The quantitative estimate of drug-likeness (QED) is 0.278. The Kier molecular flexibility index (Phi) is 8.55. The first kappa shape index (κ1) is 26.3. The van der Waals surface area contributed by atoms with E-state index in [4.69, 9.17) is 4.74 Å². The molecule has 0 saturated carbocycles. The number of anilines is 2. The third kappa shape index (κ3) is 6.17. The van der Waals surface area contributed by atoms with Gasteiger partial charge in [-0.3, -0.25) is 0 Å². The predicted molar refractivity (Wildman–Crippen MR) is 152 cm³/mol. The molecule has 4 rings (SSSR count). The second-order valence-corrected chi connectivity index (χ2v) is 9.74. The summed E-state index contributed by atoms with van der Waals surface area (Å²) in [5, 5.41) is 20.8. The zero-order valence-electron chi connectivity index (χ0n) is 21.1. The number of carbonyl (C=O) groups is 1. The van der Waals surface area contributed by atoms with Gasteiger partial charge >= 0.3 is 6.03 Å². The normalized spacial score (nSPS) is 16.2. The van der Waals surface area contributed by atoms with Gasteiger partial charge in [-0.25, -0.2) is 9.31 Å². The number of pyridine rings is 1. The summed E-state index contributed by atoms with van der Waals surface area (Å²) in [6.07, 6.45) is 11.5. The van der Waals surface area contributed by atoms with Crippen molar-refractivity contribution in [2.75, 3.05) is 37.4 Å². The van der Waals surface area contributed by atoms with Crippen molar-refractivity contribution in [2.45, 2.75) is 25.7 Å². The average Bonchev–Trinajstić information content (AvgIpc) is 3.29. The standard InChI is InChI=1S/C28H32BrN5O3/c1-4-6-8-19(5-2)16-30-27-14-21(13-25-23(29)17-31-34(25)27)20-9-7-12-33(18-20)28(36)32-24-15-22(35)10-11-26(24)37-3/h4-6,8,10-11,13-15,17,20,30,35H,2,7,9,12,16,18H2,1,3H3,(H,32,36)/b6-4-,19-8+. The Balaban J connectivity index is 1.55. The fraction of sp³-hybridized carbons (Fsp3) is 0.286. The van der Waals surface area contributed by atoms with Crippen molar-refractivity contribution in [3.05, 3.63) is 83.0 Å². The van der Waals surface area contributed by atoms with Crippen LogP contribution in [0.25, 0.3) is 5.52 Å². The van der Waals surface area contributed by atoms with Crippen LogP contribution in [0.4, 0.5) is 16.3 Å². The average molecular weight is 567 g/mol. The number of ether oxygens (including phenoxy) is 1. The van der Waals surface area contributed by atoms with Crippen LogP contribution < -0.4 is 15.4 Å². The van der Waals surface area contributed by atoms with Crippen LogP contribution in [0, 0.1) is 0 Å². The number of allylic oxidation sites excluding steroid dienone is 3. The van der Waals surface area contributed by atoms with E-state index in [0.717, 1.165) is 39.8 Å². The number of benzene rings is 1. The number of urea groups is 1. The van der Waals surface area contributed by atoms with Crippen molar-refractivity contribution in [3.63, 3.8) is 0 Å². The number of nitrogens with one attached hydrogen (secondary N) is 2. The van der Waals surface area contributed by atoms with Crippen LogP contribution in [0.1, 0.15) is 31.2 Å². The molecule has 3 aromatic rings. The summed E-state index contributed by atoms with van der Waals surface area (Å²) in [5.41, 5.74) is 3.60. The molecule has 1 saturated heterocycles. The highest BCUT2D eigenvalue weighted by Gasteiger charge is 2.26. The van der Waals surface area contributed by atoms with Gasteiger partial charge in [-0.2, -0.15) is 5.10 Å². The molecule has 8 nitrogen and oxygen atoms in total. The van der Waals surface area contributed by atoms with Gasteiger partial charge in [0.25, 0.3) is 0 Å². The van der Waals surface area contributed by atoms with Gasteiger partial charge < -0.3 is 25.4 Å². The summed E-state index contributed by atoms with van der Waals surface area (Å²) in [5.74, 6) is 1.59. The van der Waals surface area contributed by atoms with Crippen molar-refractivity contribution in [1.29, 1.82) is 0 Å². The number of halogens is 1. The molecule has 2 aromatic heterocycles. The first-order valence-electron chi connectivity index (χ1n) is 12.2. The molecular weight excluding hydrogens is 534 g/mol. The number of fused-ring (bicyclic) bond motifs is 1. The summed E-state index contributed by atoms with van der Waals surface area (Å²) in [6.45, 7) is 7.74. The number of aromatic nitrogens is 2. The highest BCUT2D eigenvalue weighted by Crippen LogP contribution is 2.33. The molecule has 9 heteroatoms. The molecule has 1 aliphatic heterocycles. The number of methoxy groups -OCH3 is 1. The second kappa shape index (κ2) is 12.0. The maximum Gasteiger partial charge on any atom is 0.321 e. The van der Waals surface area contributed by atoms with Gasteiger partial charge in [0.15, 0.2) is 0 Å². The zero-order valence-corrected chi connectivity index (χ0v) is 22.7. The van der Waals surface area contributed by atoms with Gasteiger partial charge in [0.05, 0.1) is 29.0 Å². The summed E-state index contributed by atoms with van der Waals surface area (Å²) >= 11 is 3.62. The van der Waals surface area contributed by atoms with E-state index < -0.39 is 0 Å². The number of phenolic OH excluding ortho intramolecular Hbond substituents is 1. The largest absolute Gasteiger partial charge is 0.508 e. The van der Waals surface area contributed by atoms with Crippen molar-refractivity contribution >= 4 is 39.0 Å². The van der Waals surface area contributed by atoms with E-state index in [1.807, 2.05) is 40.6 Å². The van der Waals surface area contributed by atoms with E-state index in [2.05, 4.69) is 50.4 Å². The van der Waals surface area contributed by atoms with Crippen LogP contribution in [0.5, 0.6) is 11.5 Å². The number of likely N-dealkylation sites (tertiary alicyclic amines) is 1. The lowest BCUT2D eigenvalue weighted by Gasteiger charge is -2.33. The molecule has 1 fully saturated rings. The maximum absolute atomic E-state index is 13.1. The third-order valence-corrected chi connectivity index (χ3v) is 7.05. The Morgan fingerprint density at radius 3 is 2.95 bits per heavy atom. The van der Waals surface area contributed by atoms with Crippen molar-refractivity contribution in [3.8, 4) is 11.5 Å². The van der Waals surface area contributed by atoms with Gasteiger partial charge in [-0.15, -0.1) is 0 Å². The van der Waals surface area contributed by atoms with Crippen LogP contribution in [0.3, 0.4) is 0 Å². The van der Waals surface area contributed by atoms with E-state index in [9.17, 15) is 9.90 Å². The molecular formula is C28H32BrN5O3. The first-order chi connectivity index (χ1) is 17.9. The van der Waals surface area contributed by atoms with Crippen molar-refractivity contribution in [2.24, 2.45) is 0 Å². The lowest BCUT2D eigenvalue weighted by molar-refractivity contribution is 0.192. The molecule has 0 spiro atoms. The SMILES string of the molecule is C=C/C(=C\C=C/C)CNc1cc(C2CCCN(C(=O)Nc3cc(O)ccc3OC)C2)cc2c(Br)cnn12. The van der Waals surface area contributed by atoms with Crippen molar-refractivity contribution in [1.82, 2.24) is 14.5 Å². The highest BCUT2D eigenvalue weighted by atomic mass is 79.9. The minimum Gasteiger partial charge on any atom is -0.508 e. The Bertz CT molecular complexity index is 1350. The van der Waals surface area contributed by atoms with Gasteiger partial charge in [0, 0.05) is 31.6 Å². The lowest BCUT2D eigenvalue weighted by atomic mass is 9.91. The molecule has 1 atom stereocenters. The predicted octanol–water partition coefficient (Wildman–Crippen LogP) is 6.32. The number of hydrogen-bond donors (Lipinski definition) is 3. The van der Waals surface area contributed by atoms with Gasteiger partial charge in [-0.1, -0.05) is 30.9 Å².